The zero-order chi connectivity index (χ0) is 18.5. The third kappa shape index (κ3) is 4.13. The summed E-state index contributed by atoms with van der Waals surface area (Å²) in [6.07, 6.45) is 0. The van der Waals surface area contributed by atoms with Crippen molar-refractivity contribution in [3.05, 3.63) is 108 Å². The Morgan fingerprint density at radius 1 is 0.778 bits per heavy atom. The Bertz CT molecular complexity index is 979. The summed E-state index contributed by atoms with van der Waals surface area (Å²) >= 11 is 0. The molecule has 134 valence electrons. The molecule has 27 heavy (non-hydrogen) atoms. The fourth-order valence-electron chi connectivity index (χ4n) is 3.04. The minimum Gasteiger partial charge on any atom is -0.419 e. The van der Waals surface area contributed by atoms with E-state index in [1.54, 1.807) is 0 Å². The van der Waals surface area contributed by atoms with Gasteiger partial charge < -0.3 is 4.42 Å². The fourth-order valence-corrected chi connectivity index (χ4v) is 3.04. The van der Waals surface area contributed by atoms with Crippen molar-refractivity contribution < 1.29 is 4.42 Å². The van der Waals surface area contributed by atoms with Crippen molar-refractivity contribution in [2.75, 3.05) is 0 Å². The summed E-state index contributed by atoms with van der Waals surface area (Å²) in [6.45, 7) is 2.59. The van der Waals surface area contributed by atoms with Gasteiger partial charge in [-0.05, 0) is 30.2 Å². The maximum absolute atomic E-state index is 5.83. The largest absolute Gasteiger partial charge is 0.419 e. The van der Waals surface area contributed by atoms with Crippen LogP contribution < -0.4 is 5.32 Å². The highest BCUT2D eigenvalue weighted by Gasteiger charge is 2.15. The van der Waals surface area contributed by atoms with Crippen LogP contribution in [0.3, 0.4) is 0 Å². The molecular weight excluding hydrogens is 334 g/mol. The van der Waals surface area contributed by atoms with E-state index in [9.17, 15) is 0 Å². The summed E-state index contributed by atoms with van der Waals surface area (Å²) in [6, 6.07) is 28.8. The van der Waals surface area contributed by atoms with E-state index < -0.39 is 0 Å². The molecular formula is C23H21N3O. The Kier molecular flexibility index (Phi) is 5.08. The van der Waals surface area contributed by atoms with Crippen molar-refractivity contribution >= 4 is 0 Å². The molecule has 0 saturated heterocycles. The molecule has 1 N–H and O–H groups in total. The molecule has 0 unspecified atom stereocenters. The molecule has 4 nitrogen and oxygen atoms in total. The van der Waals surface area contributed by atoms with E-state index in [2.05, 4.69) is 71.0 Å². The highest BCUT2D eigenvalue weighted by Crippen LogP contribution is 2.23. The first-order valence-corrected chi connectivity index (χ1v) is 9.02. The van der Waals surface area contributed by atoms with E-state index in [4.69, 9.17) is 4.42 Å². The van der Waals surface area contributed by atoms with E-state index in [1.165, 1.54) is 16.7 Å². The molecule has 4 heteroatoms. The third-order valence-electron chi connectivity index (χ3n) is 4.49. The predicted octanol–water partition coefficient (Wildman–Crippen LogP) is 4.92. The lowest BCUT2D eigenvalue weighted by Crippen LogP contribution is -2.22. The van der Waals surface area contributed by atoms with Crippen LogP contribution >= 0.6 is 0 Å². The van der Waals surface area contributed by atoms with Crippen LogP contribution in [0.15, 0.2) is 89.3 Å². The van der Waals surface area contributed by atoms with Gasteiger partial charge in [0.05, 0.1) is 12.6 Å². The summed E-state index contributed by atoms with van der Waals surface area (Å²) in [4.78, 5) is 0. The Labute approximate surface area is 158 Å². The van der Waals surface area contributed by atoms with Gasteiger partial charge in [-0.25, -0.2) is 0 Å². The molecule has 4 aromatic rings. The first-order chi connectivity index (χ1) is 13.3. The Balaban J connectivity index is 1.54. The minimum atomic E-state index is 0.0545. The molecule has 0 aliphatic carbocycles. The van der Waals surface area contributed by atoms with E-state index in [0.717, 1.165) is 5.56 Å². The van der Waals surface area contributed by atoms with Crippen molar-refractivity contribution in [3.8, 4) is 11.5 Å². The van der Waals surface area contributed by atoms with Gasteiger partial charge in [0, 0.05) is 5.56 Å². The Hall–Kier alpha value is -3.24. The molecule has 0 aliphatic heterocycles. The topological polar surface area (TPSA) is 51.0 Å². The van der Waals surface area contributed by atoms with Crippen LogP contribution in [0.1, 0.15) is 28.6 Å². The molecule has 1 heterocycles. The van der Waals surface area contributed by atoms with E-state index in [-0.39, 0.29) is 6.04 Å². The predicted molar refractivity (Wildman–Crippen MR) is 106 cm³/mol. The molecule has 0 aliphatic rings. The van der Waals surface area contributed by atoms with Gasteiger partial charge in [-0.15, -0.1) is 10.2 Å². The van der Waals surface area contributed by atoms with Crippen molar-refractivity contribution in [2.45, 2.75) is 19.5 Å². The number of hydrogen-bond donors (Lipinski definition) is 1. The molecule has 0 spiro atoms. The van der Waals surface area contributed by atoms with Gasteiger partial charge in [0.1, 0.15) is 0 Å². The van der Waals surface area contributed by atoms with Gasteiger partial charge in [0.2, 0.25) is 11.8 Å². The van der Waals surface area contributed by atoms with Crippen LogP contribution in [-0.4, -0.2) is 10.2 Å². The summed E-state index contributed by atoms with van der Waals surface area (Å²) in [5, 5.41) is 11.9. The van der Waals surface area contributed by atoms with Crippen molar-refractivity contribution in [1.29, 1.82) is 0 Å². The van der Waals surface area contributed by atoms with Crippen LogP contribution in [0, 0.1) is 6.92 Å². The molecule has 3 aromatic carbocycles. The number of aromatic nitrogens is 2. The van der Waals surface area contributed by atoms with Crippen LogP contribution in [0.25, 0.3) is 11.5 Å². The average molecular weight is 355 g/mol. The first kappa shape index (κ1) is 17.2. The van der Waals surface area contributed by atoms with E-state index in [0.29, 0.717) is 18.3 Å². The lowest BCUT2D eigenvalue weighted by molar-refractivity contribution is 0.462. The van der Waals surface area contributed by atoms with Gasteiger partial charge in [-0.3, -0.25) is 5.32 Å². The first-order valence-electron chi connectivity index (χ1n) is 9.02. The monoisotopic (exact) mass is 355 g/mol. The molecule has 0 amide bonds. The van der Waals surface area contributed by atoms with Crippen molar-refractivity contribution in [3.63, 3.8) is 0 Å². The minimum absolute atomic E-state index is 0.0545. The standard InChI is InChI=1S/C23H21N3O/c1-17-12-14-19(15-13-17)22(18-8-4-2-5-9-18)24-16-21-25-26-23(27-21)20-10-6-3-7-11-20/h2-15,22,24H,16H2,1H3/t22-/m0/s1. The lowest BCUT2D eigenvalue weighted by atomic mass is 9.98. The zero-order valence-corrected chi connectivity index (χ0v) is 15.2. The van der Waals surface area contributed by atoms with Crippen LogP contribution in [0.5, 0.6) is 0 Å². The van der Waals surface area contributed by atoms with Crippen LogP contribution in [-0.2, 0) is 6.54 Å². The van der Waals surface area contributed by atoms with Gasteiger partial charge in [0.15, 0.2) is 0 Å². The maximum atomic E-state index is 5.83. The van der Waals surface area contributed by atoms with Gasteiger partial charge in [0.25, 0.3) is 0 Å². The molecule has 1 atom stereocenters. The second kappa shape index (κ2) is 7.98. The summed E-state index contributed by atoms with van der Waals surface area (Å²) in [5.41, 5.74) is 4.57. The molecule has 0 bridgehead atoms. The summed E-state index contributed by atoms with van der Waals surface area (Å²) in [5.74, 6) is 1.11. The number of hydrogen-bond acceptors (Lipinski definition) is 4. The molecule has 0 saturated carbocycles. The number of nitrogens with zero attached hydrogens (tertiary/aromatic N) is 2. The number of benzene rings is 3. The van der Waals surface area contributed by atoms with E-state index >= 15 is 0 Å². The summed E-state index contributed by atoms with van der Waals surface area (Å²) in [7, 11) is 0. The quantitative estimate of drug-likeness (QED) is 0.533. The fraction of sp³-hybridized carbons (Fsp3) is 0.130. The van der Waals surface area contributed by atoms with Crippen molar-refractivity contribution in [2.24, 2.45) is 0 Å². The Morgan fingerprint density at radius 2 is 1.41 bits per heavy atom. The third-order valence-corrected chi connectivity index (χ3v) is 4.49. The van der Waals surface area contributed by atoms with Crippen molar-refractivity contribution in [1.82, 2.24) is 15.5 Å². The molecule has 0 radical (unpaired) electrons. The van der Waals surface area contributed by atoms with Crippen LogP contribution in [0.2, 0.25) is 0 Å². The molecule has 1 aromatic heterocycles. The smallest absolute Gasteiger partial charge is 0.247 e. The normalized spacial score (nSPS) is 12.0. The molecule has 0 fully saturated rings. The highest BCUT2D eigenvalue weighted by atomic mass is 16.4. The zero-order valence-electron chi connectivity index (χ0n) is 15.2. The lowest BCUT2D eigenvalue weighted by Gasteiger charge is -2.19. The number of aryl methyl sites for hydroxylation is 1. The second-order valence-corrected chi connectivity index (χ2v) is 6.50. The highest BCUT2D eigenvalue weighted by molar-refractivity contribution is 5.51. The van der Waals surface area contributed by atoms with Gasteiger partial charge in [-0.1, -0.05) is 78.4 Å². The van der Waals surface area contributed by atoms with Crippen LogP contribution in [0.4, 0.5) is 0 Å². The van der Waals surface area contributed by atoms with E-state index in [1.807, 2.05) is 36.4 Å². The second-order valence-electron chi connectivity index (χ2n) is 6.50. The molecule has 4 rings (SSSR count). The van der Waals surface area contributed by atoms with Gasteiger partial charge in [-0.2, -0.15) is 0 Å². The number of rotatable bonds is 6. The van der Waals surface area contributed by atoms with Gasteiger partial charge >= 0.3 is 0 Å². The number of nitrogens with one attached hydrogen (secondary N) is 1. The summed E-state index contributed by atoms with van der Waals surface area (Å²) < 4.78 is 5.83. The Morgan fingerprint density at radius 3 is 2.11 bits per heavy atom. The SMILES string of the molecule is Cc1ccc([C@@H](NCc2nnc(-c3ccccc3)o2)c2ccccc2)cc1. The maximum Gasteiger partial charge on any atom is 0.247 e. The average Bonchev–Trinajstić information content (AvgIpc) is 3.20.